The van der Waals surface area contributed by atoms with E-state index in [0.717, 1.165) is 41.1 Å². The zero-order valence-electron chi connectivity index (χ0n) is 18.4. The molecule has 9 nitrogen and oxygen atoms in total. The van der Waals surface area contributed by atoms with Crippen molar-refractivity contribution in [2.45, 2.75) is 31.5 Å². The van der Waals surface area contributed by atoms with Crippen molar-refractivity contribution >= 4 is 40.0 Å². The highest BCUT2D eigenvalue weighted by Crippen LogP contribution is 2.27. The number of thioether (sulfide) groups is 1. The summed E-state index contributed by atoms with van der Waals surface area (Å²) in [7, 11) is 3.17. The van der Waals surface area contributed by atoms with Crippen LogP contribution in [0.15, 0.2) is 43.5 Å². The molecule has 0 saturated carbocycles. The number of benzene rings is 1. The molecule has 10 heteroatoms. The van der Waals surface area contributed by atoms with E-state index in [1.807, 2.05) is 28.8 Å². The fourth-order valence-electron chi connectivity index (χ4n) is 4.40. The summed E-state index contributed by atoms with van der Waals surface area (Å²) in [6.45, 7) is 4.56. The summed E-state index contributed by atoms with van der Waals surface area (Å²) in [5.41, 5.74) is 1.79. The number of aromatic nitrogens is 5. The molecule has 4 heterocycles. The van der Waals surface area contributed by atoms with Crippen molar-refractivity contribution in [3.8, 4) is 0 Å². The van der Waals surface area contributed by atoms with Crippen molar-refractivity contribution in [3.05, 3.63) is 45.1 Å². The number of nitrogens with zero attached hydrogens (tertiary/aromatic N) is 6. The van der Waals surface area contributed by atoms with Gasteiger partial charge in [-0.3, -0.25) is 13.9 Å². The molecule has 1 atom stereocenters. The van der Waals surface area contributed by atoms with E-state index in [0.29, 0.717) is 34.6 Å². The lowest BCUT2D eigenvalue weighted by atomic mass is 10.0. The van der Waals surface area contributed by atoms with Gasteiger partial charge in [0.1, 0.15) is 5.52 Å². The van der Waals surface area contributed by atoms with Crippen LogP contribution in [0, 0.1) is 5.92 Å². The number of fused-ring (bicyclic) bond motifs is 2. The molecule has 1 aliphatic heterocycles. The minimum absolute atomic E-state index is 0.321. The average Bonchev–Trinajstić information content (AvgIpc) is 3.38. The first-order chi connectivity index (χ1) is 15.4. The molecule has 0 bridgehead atoms. The van der Waals surface area contributed by atoms with Gasteiger partial charge >= 0.3 is 5.69 Å². The quantitative estimate of drug-likeness (QED) is 0.428. The molecular weight excluding hydrogens is 428 g/mol. The minimum atomic E-state index is -0.369. The van der Waals surface area contributed by atoms with Gasteiger partial charge in [-0.15, -0.1) is 0 Å². The van der Waals surface area contributed by atoms with Crippen molar-refractivity contribution < 1.29 is 4.42 Å². The van der Waals surface area contributed by atoms with Crippen LogP contribution in [-0.2, 0) is 20.6 Å². The van der Waals surface area contributed by atoms with E-state index in [9.17, 15) is 9.59 Å². The van der Waals surface area contributed by atoms with E-state index in [1.165, 1.54) is 29.8 Å². The van der Waals surface area contributed by atoms with Crippen molar-refractivity contribution in [2.24, 2.45) is 20.0 Å². The summed E-state index contributed by atoms with van der Waals surface area (Å²) in [6, 6.07) is 7.68. The summed E-state index contributed by atoms with van der Waals surface area (Å²) in [5, 5.41) is 0.601. The van der Waals surface area contributed by atoms with E-state index in [4.69, 9.17) is 9.40 Å². The average molecular weight is 455 g/mol. The molecule has 3 aromatic heterocycles. The molecule has 4 aromatic rings. The third-order valence-electron chi connectivity index (χ3n) is 6.08. The minimum Gasteiger partial charge on any atom is -0.431 e. The summed E-state index contributed by atoms with van der Waals surface area (Å²) < 4.78 is 10.4. The molecule has 168 valence electrons. The maximum absolute atomic E-state index is 13.1. The fraction of sp³-hybridized carbons (Fsp3) is 0.455. The summed E-state index contributed by atoms with van der Waals surface area (Å²) in [5.74, 6) is 1.96. The van der Waals surface area contributed by atoms with Gasteiger partial charge < -0.3 is 13.9 Å². The van der Waals surface area contributed by atoms with E-state index >= 15 is 0 Å². The molecule has 5 rings (SSSR count). The van der Waals surface area contributed by atoms with Crippen molar-refractivity contribution in [2.75, 3.05) is 23.7 Å². The van der Waals surface area contributed by atoms with Gasteiger partial charge in [0.15, 0.2) is 16.7 Å². The number of aryl methyl sites for hydroxylation is 2. The lowest BCUT2D eigenvalue weighted by Crippen LogP contribution is -2.38. The smallest absolute Gasteiger partial charge is 0.332 e. The third-order valence-corrected chi connectivity index (χ3v) is 6.89. The van der Waals surface area contributed by atoms with Crippen LogP contribution in [0.4, 0.5) is 5.95 Å². The Bertz CT molecular complexity index is 1380. The lowest BCUT2D eigenvalue weighted by Gasteiger charge is -2.32. The molecule has 0 amide bonds. The van der Waals surface area contributed by atoms with E-state index in [2.05, 4.69) is 16.8 Å². The molecule has 0 unspecified atom stereocenters. The normalized spacial score (nSPS) is 17.0. The van der Waals surface area contributed by atoms with Gasteiger partial charge in [0, 0.05) is 39.5 Å². The SMILES string of the molecule is C[C@H]1CCCN(c2nc3c(c(=O)n(C)c(=O)n3C)n2CCSc2nc3ccccc3o2)C1. The molecule has 1 aromatic carbocycles. The van der Waals surface area contributed by atoms with Gasteiger partial charge in [-0.05, 0) is 30.9 Å². The molecular formula is C22H26N6O3S. The van der Waals surface area contributed by atoms with E-state index in [1.54, 1.807) is 7.05 Å². The maximum atomic E-state index is 13.1. The Hall–Kier alpha value is -3.01. The number of hydrogen-bond acceptors (Lipinski definition) is 7. The number of para-hydroxylation sites is 2. The number of rotatable bonds is 5. The molecule has 0 radical (unpaired) electrons. The Kier molecular flexibility index (Phi) is 5.32. The van der Waals surface area contributed by atoms with Crippen LogP contribution in [0.2, 0.25) is 0 Å². The van der Waals surface area contributed by atoms with E-state index in [-0.39, 0.29) is 11.2 Å². The van der Waals surface area contributed by atoms with Crippen LogP contribution >= 0.6 is 11.8 Å². The first-order valence-corrected chi connectivity index (χ1v) is 11.8. The Morgan fingerprint density at radius 3 is 2.75 bits per heavy atom. The highest BCUT2D eigenvalue weighted by molar-refractivity contribution is 7.99. The number of imidazole rings is 1. The molecule has 32 heavy (non-hydrogen) atoms. The van der Waals surface area contributed by atoms with Gasteiger partial charge in [-0.25, -0.2) is 9.78 Å². The van der Waals surface area contributed by atoms with Crippen molar-refractivity contribution in [1.29, 1.82) is 0 Å². The van der Waals surface area contributed by atoms with Gasteiger partial charge in [-0.1, -0.05) is 30.8 Å². The highest BCUT2D eigenvalue weighted by atomic mass is 32.2. The third kappa shape index (κ3) is 3.52. The van der Waals surface area contributed by atoms with Gasteiger partial charge in [-0.2, -0.15) is 4.98 Å². The topological polar surface area (TPSA) is 91.1 Å². The van der Waals surface area contributed by atoms with Crippen LogP contribution in [0.5, 0.6) is 0 Å². The monoisotopic (exact) mass is 454 g/mol. The summed E-state index contributed by atoms with van der Waals surface area (Å²) in [6.07, 6.45) is 2.27. The van der Waals surface area contributed by atoms with Crippen molar-refractivity contribution in [1.82, 2.24) is 23.7 Å². The Balaban J connectivity index is 1.52. The zero-order valence-corrected chi connectivity index (χ0v) is 19.3. The van der Waals surface area contributed by atoms with Crippen LogP contribution in [0.1, 0.15) is 19.8 Å². The van der Waals surface area contributed by atoms with Crippen molar-refractivity contribution in [3.63, 3.8) is 0 Å². The standard InChI is InChI=1S/C22H26N6O3S/c1-14-7-6-10-27(13-14)20-24-18-17(19(29)26(3)22(30)25(18)2)28(20)11-12-32-21-23-15-8-4-5-9-16(15)31-21/h4-5,8-9,14H,6-7,10-13H2,1-3H3/t14-/m0/s1. The lowest BCUT2D eigenvalue weighted by molar-refractivity contribution is 0.438. The second-order valence-electron chi connectivity index (χ2n) is 8.43. The zero-order chi connectivity index (χ0) is 22.4. The number of anilines is 1. The predicted octanol–water partition coefficient (Wildman–Crippen LogP) is 2.60. The molecule has 0 spiro atoms. The van der Waals surface area contributed by atoms with E-state index < -0.39 is 0 Å². The Morgan fingerprint density at radius 2 is 1.97 bits per heavy atom. The molecule has 0 N–H and O–H groups in total. The van der Waals surface area contributed by atoms with Gasteiger partial charge in [0.2, 0.25) is 5.95 Å². The highest BCUT2D eigenvalue weighted by Gasteiger charge is 2.25. The molecule has 0 aliphatic carbocycles. The largest absolute Gasteiger partial charge is 0.431 e. The molecule has 1 aliphatic rings. The number of hydrogen-bond donors (Lipinski definition) is 0. The first-order valence-electron chi connectivity index (χ1n) is 10.8. The summed E-state index contributed by atoms with van der Waals surface area (Å²) >= 11 is 1.50. The molecule has 1 fully saturated rings. The van der Waals surface area contributed by atoms with Gasteiger partial charge in [0.05, 0.1) is 0 Å². The van der Waals surface area contributed by atoms with Gasteiger partial charge in [0.25, 0.3) is 10.8 Å². The summed E-state index contributed by atoms with van der Waals surface area (Å²) in [4.78, 5) is 37.1. The fourth-order valence-corrected chi connectivity index (χ4v) is 5.16. The predicted molar refractivity (Wildman–Crippen MR) is 126 cm³/mol. The number of oxazole rings is 1. The van der Waals surface area contributed by atoms with Crippen LogP contribution < -0.4 is 16.1 Å². The Morgan fingerprint density at radius 1 is 1.16 bits per heavy atom. The first kappa shape index (κ1) is 20.9. The number of piperidine rings is 1. The van der Waals surface area contributed by atoms with Crippen LogP contribution in [-0.4, -0.2) is 42.5 Å². The second kappa shape index (κ2) is 8.16. The Labute approximate surface area is 188 Å². The second-order valence-corrected chi connectivity index (χ2v) is 9.48. The van der Waals surface area contributed by atoms with Crippen LogP contribution in [0.3, 0.4) is 0 Å². The van der Waals surface area contributed by atoms with Crippen LogP contribution in [0.25, 0.3) is 22.3 Å². The molecule has 1 saturated heterocycles. The maximum Gasteiger partial charge on any atom is 0.332 e.